The molecule has 13 heavy (non-hydrogen) atoms. The summed E-state index contributed by atoms with van der Waals surface area (Å²) >= 11 is 0. The maximum absolute atomic E-state index is 9.16. The Hall–Kier alpha value is -1.12. The van der Waals surface area contributed by atoms with Crippen molar-refractivity contribution in [2.75, 3.05) is 6.54 Å². The molecular formula is C10H16N2O. The Bertz CT molecular complexity index is 266. The first-order valence-corrected chi connectivity index (χ1v) is 4.48. The van der Waals surface area contributed by atoms with E-state index >= 15 is 0 Å². The van der Waals surface area contributed by atoms with Crippen LogP contribution in [0, 0.1) is 11.3 Å². The van der Waals surface area contributed by atoms with E-state index in [9.17, 15) is 0 Å². The Balaban J connectivity index is 2.91. The molecule has 1 N–H and O–H groups in total. The van der Waals surface area contributed by atoms with Crippen LogP contribution in [0.5, 0.6) is 0 Å². The second-order valence-electron chi connectivity index (χ2n) is 3.89. The predicted octanol–water partition coefficient (Wildman–Crippen LogP) is 2.20. The molecule has 0 aliphatic carbocycles. The fraction of sp³-hybridized carbons (Fsp3) is 0.600. The van der Waals surface area contributed by atoms with E-state index in [1.165, 1.54) is 6.20 Å². The summed E-state index contributed by atoms with van der Waals surface area (Å²) in [4.78, 5) is 8.21. The Morgan fingerprint density at radius 3 is 2.77 bits per heavy atom. The van der Waals surface area contributed by atoms with Gasteiger partial charge in [0, 0.05) is 17.8 Å². The molecule has 1 aliphatic heterocycles. The zero-order valence-electron chi connectivity index (χ0n) is 8.36. The lowest BCUT2D eigenvalue weighted by Crippen LogP contribution is -2.27. The summed E-state index contributed by atoms with van der Waals surface area (Å²) < 4.78 is 0. The molecule has 0 aromatic heterocycles. The van der Waals surface area contributed by atoms with Crippen LogP contribution in [0.2, 0.25) is 0 Å². The SMILES string of the molecule is CC(C)C1(C)C=N/C=C(/O)CN=C1. The molecular weight excluding hydrogens is 164 g/mol. The van der Waals surface area contributed by atoms with Crippen LogP contribution in [0.15, 0.2) is 21.9 Å². The van der Waals surface area contributed by atoms with E-state index < -0.39 is 0 Å². The zero-order chi connectivity index (χ0) is 9.90. The van der Waals surface area contributed by atoms with Gasteiger partial charge in [-0.15, -0.1) is 0 Å². The van der Waals surface area contributed by atoms with Crippen LogP contribution in [-0.2, 0) is 0 Å². The second-order valence-corrected chi connectivity index (χ2v) is 3.89. The highest BCUT2D eigenvalue weighted by Gasteiger charge is 2.24. The minimum absolute atomic E-state index is 0.100. The van der Waals surface area contributed by atoms with Crippen LogP contribution >= 0.6 is 0 Å². The van der Waals surface area contributed by atoms with Crippen LogP contribution in [0.4, 0.5) is 0 Å². The molecule has 1 atom stereocenters. The molecule has 0 spiro atoms. The topological polar surface area (TPSA) is 45.0 Å². The Morgan fingerprint density at radius 1 is 1.46 bits per heavy atom. The first-order chi connectivity index (χ1) is 6.04. The van der Waals surface area contributed by atoms with Gasteiger partial charge in [0.2, 0.25) is 0 Å². The smallest absolute Gasteiger partial charge is 0.132 e. The maximum Gasteiger partial charge on any atom is 0.132 e. The highest BCUT2D eigenvalue weighted by molar-refractivity contribution is 5.89. The number of rotatable bonds is 1. The van der Waals surface area contributed by atoms with E-state index in [0.717, 1.165) is 0 Å². The summed E-state index contributed by atoms with van der Waals surface area (Å²) in [5, 5.41) is 9.16. The molecule has 1 unspecified atom stereocenters. The number of aliphatic hydroxyl groups is 1. The van der Waals surface area contributed by atoms with E-state index in [4.69, 9.17) is 5.11 Å². The average molecular weight is 180 g/mol. The molecule has 0 amide bonds. The maximum atomic E-state index is 9.16. The van der Waals surface area contributed by atoms with Crippen molar-refractivity contribution in [2.24, 2.45) is 21.3 Å². The van der Waals surface area contributed by atoms with Gasteiger partial charge < -0.3 is 5.11 Å². The predicted molar refractivity (Wildman–Crippen MR) is 55.5 cm³/mol. The minimum atomic E-state index is -0.100. The van der Waals surface area contributed by atoms with Gasteiger partial charge in [-0.05, 0) is 12.8 Å². The van der Waals surface area contributed by atoms with Gasteiger partial charge >= 0.3 is 0 Å². The van der Waals surface area contributed by atoms with Gasteiger partial charge in [-0.1, -0.05) is 13.8 Å². The van der Waals surface area contributed by atoms with Crippen molar-refractivity contribution in [3.63, 3.8) is 0 Å². The van der Waals surface area contributed by atoms with Crippen molar-refractivity contribution < 1.29 is 5.11 Å². The average Bonchev–Trinajstić information content (AvgIpc) is 2.01. The van der Waals surface area contributed by atoms with Crippen molar-refractivity contribution >= 4 is 12.4 Å². The molecule has 1 heterocycles. The lowest BCUT2D eigenvalue weighted by atomic mass is 9.81. The normalized spacial score (nSPS) is 32.5. The van der Waals surface area contributed by atoms with Crippen LogP contribution in [0.1, 0.15) is 20.8 Å². The van der Waals surface area contributed by atoms with Crippen molar-refractivity contribution in [1.29, 1.82) is 0 Å². The number of aliphatic imine (C=N–C) groups is 2. The Labute approximate surface area is 78.9 Å². The number of hydrogen-bond acceptors (Lipinski definition) is 3. The Morgan fingerprint density at radius 2 is 2.15 bits per heavy atom. The standard InChI is InChI=1S/C10H16N2O/c1-8(2)10(3)6-11-4-9(13)5-12-7-10/h4,6-8,13H,5H2,1-3H3/b9-4+,11-6?,12-7?. The van der Waals surface area contributed by atoms with Crippen molar-refractivity contribution in [3.8, 4) is 0 Å². The lowest BCUT2D eigenvalue weighted by molar-refractivity contribution is 0.399. The second kappa shape index (κ2) is 3.73. The van der Waals surface area contributed by atoms with Gasteiger partial charge in [-0.2, -0.15) is 0 Å². The van der Waals surface area contributed by atoms with Crippen molar-refractivity contribution in [3.05, 3.63) is 12.0 Å². The summed E-state index contributed by atoms with van der Waals surface area (Å²) in [5.41, 5.74) is -0.100. The van der Waals surface area contributed by atoms with Gasteiger partial charge in [0.25, 0.3) is 0 Å². The molecule has 72 valence electrons. The van der Waals surface area contributed by atoms with Crippen molar-refractivity contribution in [1.82, 2.24) is 0 Å². The van der Waals surface area contributed by atoms with Crippen LogP contribution in [0.25, 0.3) is 0 Å². The molecule has 0 bridgehead atoms. The summed E-state index contributed by atoms with van der Waals surface area (Å²) in [6.45, 7) is 6.67. The lowest BCUT2D eigenvalue weighted by Gasteiger charge is -2.25. The van der Waals surface area contributed by atoms with Crippen LogP contribution < -0.4 is 0 Å². The third kappa shape index (κ3) is 2.41. The summed E-state index contributed by atoms with van der Waals surface area (Å²) in [6.07, 6.45) is 5.15. The summed E-state index contributed by atoms with van der Waals surface area (Å²) in [5.74, 6) is 0.659. The zero-order valence-corrected chi connectivity index (χ0v) is 8.36. The fourth-order valence-corrected chi connectivity index (χ4v) is 0.992. The molecule has 0 aromatic carbocycles. The van der Waals surface area contributed by atoms with E-state index in [0.29, 0.717) is 12.5 Å². The van der Waals surface area contributed by atoms with Crippen LogP contribution in [0.3, 0.4) is 0 Å². The highest BCUT2D eigenvalue weighted by Crippen LogP contribution is 2.23. The largest absolute Gasteiger partial charge is 0.509 e. The first-order valence-electron chi connectivity index (χ1n) is 4.48. The monoisotopic (exact) mass is 180 g/mol. The van der Waals surface area contributed by atoms with E-state index in [1.54, 1.807) is 0 Å². The third-order valence-corrected chi connectivity index (χ3v) is 2.44. The molecule has 0 aromatic rings. The summed E-state index contributed by atoms with van der Waals surface area (Å²) in [7, 11) is 0. The van der Waals surface area contributed by atoms with Crippen LogP contribution in [-0.4, -0.2) is 24.1 Å². The van der Waals surface area contributed by atoms with Crippen molar-refractivity contribution in [2.45, 2.75) is 20.8 Å². The van der Waals surface area contributed by atoms with Gasteiger partial charge in [0.1, 0.15) is 5.76 Å². The molecule has 0 saturated heterocycles. The van der Waals surface area contributed by atoms with E-state index in [1.807, 2.05) is 12.4 Å². The fourth-order valence-electron chi connectivity index (χ4n) is 0.992. The first kappa shape index (κ1) is 9.96. The number of aliphatic hydroxyl groups excluding tert-OH is 1. The van der Waals surface area contributed by atoms with Gasteiger partial charge in [0.15, 0.2) is 0 Å². The quantitative estimate of drug-likeness (QED) is 0.660. The Kier molecular flexibility index (Phi) is 2.86. The molecule has 3 nitrogen and oxygen atoms in total. The molecule has 0 fully saturated rings. The number of nitrogens with zero attached hydrogens (tertiary/aromatic N) is 2. The van der Waals surface area contributed by atoms with Gasteiger partial charge in [-0.25, -0.2) is 0 Å². The van der Waals surface area contributed by atoms with Gasteiger partial charge in [-0.3, -0.25) is 9.98 Å². The molecule has 3 heteroatoms. The molecule has 0 saturated carbocycles. The molecule has 1 rings (SSSR count). The minimum Gasteiger partial charge on any atom is -0.509 e. The third-order valence-electron chi connectivity index (χ3n) is 2.44. The summed E-state index contributed by atoms with van der Waals surface area (Å²) in [6, 6.07) is 0. The molecule has 0 radical (unpaired) electrons. The highest BCUT2D eigenvalue weighted by atomic mass is 16.3. The van der Waals surface area contributed by atoms with Gasteiger partial charge in [0.05, 0.1) is 12.7 Å². The molecule has 1 aliphatic rings. The number of hydrogen-bond donors (Lipinski definition) is 1. The van der Waals surface area contributed by atoms with E-state index in [2.05, 4.69) is 30.8 Å². The van der Waals surface area contributed by atoms with E-state index in [-0.39, 0.29) is 11.2 Å².